The molecular weight excluding hydrogens is 508 g/mol. The van der Waals surface area contributed by atoms with Gasteiger partial charge in [0.25, 0.3) is 0 Å². The van der Waals surface area contributed by atoms with Crippen LogP contribution in [0.25, 0.3) is 0 Å². The lowest BCUT2D eigenvalue weighted by molar-refractivity contribution is -0.205. The van der Waals surface area contributed by atoms with Crippen molar-refractivity contribution in [3.63, 3.8) is 0 Å². The van der Waals surface area contributed by atoms with Crippen LogP contribution < -0.4 is 0 Å². The van der Waals surface area contributed by atoms with E-state index in [2.05, 4.69) is 13.8 Å². The Morgan fingerprint density at radius 2 is 1.68 bits per heavy atom. The lowest BCUT2D eigenvalue weighted by Gasteiger charge is -2.62. The Balaban J connectivity index is 1.91. The number of hydrogen-bond acceptors (Lipinski definition) is 7. The predicted octanol–water partition coefficient (Wildman–Crippen LogP) is 4.63. The molecule has 2 saturated carbocycles. The third kappa shape index (κ3) is 4.06. The number of benzene rings is 1. The lowest BCUT2D eigenvalue weighted by atomic mass is 9.39. The SMILES string of the molecule is CCc1cc(CCCC(C)C)c(O)c2c1C[C@]1(C)C[C@]3(C)C(C(C)C)C(=O)C(C(C)=O)C(=O)[C@]3(O)C(=O)C1C2=O. The Hall–Kier alpha value is -2.67. The third-order valence-corrected chi connectivity index (χ3v) is 10.2. The molecule has 2 N–H and O–H groups in total. The first-order valence-corrected chi connectivity index (χ1v) is 14.7. The topological polar surface area (TPSA) is 126 Å². The van der Waals surface area contributed by atoms with Gasteiger partial charge in [-0.3, -0.25) is 24.0 Å². The van der Waals surface area contributed by atoms with Gasteiger partial charge >= 0.3 is 0 Å². The van der Waals surface area contributed by atoms with Crippen molar-refractivity contribution >= 4 is 28.9 Å². The Kier molecular flexibility index (Phi) is 7.58. The molecule has 4 rings (SSSR count). The highest BCUT2D eigenvalue weighted by atomic mass is 16.3. The molecule has 1 aromatic carbocycles. The monoisotopic (exact) mass is 552 g/mol. The molecule has 0 amide bonds. The van der Waals surface area contributed by atoms with Gasteiger partial charge in [-0.05, 0) is 73.0 Å². The number of hydrogen-bond donors (Lipinski definition) is 2. The molecule has 0 heterocycles. The van der Waals surface area contributed by atoms with Gasteiger partial charge in [0.1, 0.15) is 17.5 Å². The summed E-state index contributed by atoms with van der Waals surface area (Å²) in [6.45, 7) is 14.4. The largest absolute Gasteiger partial charge is 0.507 e. The normalized spacial score (nSPS) is 33.7. The minimum atomic E-state index is -2.67. The molecule has 3 aliphatic carbocycles. The quantitative estimate of drug-likeness (QED) is 0.472. The zero-order valence-electron chi connectivity index (χ0n) is 25.1. The van der Waals surface area contributed by atoms with E-state index in [-0.39, 0.29) is 23.7 Å². The number of carbonyl (C=O) groups excluding carboxylic acids is 5. The van der Waals surface area contributed by atoms with Gasteiger partial charge in [-0.1, -0.05) is 61.0 Å². The Morgan fingerprint density at radius 1 is 1.05 bits per heavy atom. The summed E-state index contributed by atoms with van der Waals surface area (Å²) in [4.78, 5) is 68.6. The van der Waals surface area contributed by atoms with Gasteiger partial charge < -0.3 is 10.2 Å². The van der Waals surface area contributed by atoms with Gasteiger partial charge in [0.05, 0.1) is 11.5 Å². The molecule has 7 nitrogen and oxygen atoms in total. The maximum absolute atomic E-state index is 14.4. The molecule has 2 fully saturated rings. The van der Waals surface area contributed by atoms with Crippen LogP contribution in [-0.4, -0.2) is 44.7 Å². The van der Waals surface area contributed by atoms with Crippen LogP contribution in [0.3, 0.4) is 0 Å². The van der Waals surface area contributed by atoms with Gasteiger partial charge in [-0.15, -0.1) is 0 Å². The van der Waals surface area contributed by atoms with E-state index in [1.54, 1.807) is 20.8 Å². The molecule has 0 spiro atoms. The highest BCUT2D eigenvalue weighted by Crippen LogP contribution is 2.64. The summed E-state index contributed by atoms with van der Waals surface area (Å²) in [5.41, 5.74) is -2.73. The van der Waals surface area contributed by atoms with Crippen LogP contribution >= 0.6 is 0 Å². The maximum Gasteiger partial charge on any atom is 0.190 e. The molecule has 0 aliphatic heterocycles. The minimum absolute atomic E-state index is 0.0725. The van der Waals surface area contributed by atoms with Crippen molar-refractivity contribution in [3.05, 3.63) is 28.3 Å². The van der Waals surface area contributed by atoms with E-state index >= 15 is 0 Å². The number of phenols is 1. The minimum Gasteiger partial charge on any atom is -0.507 e. The molecule has 0 aromatic heterocycles. The third-order valence-electron chi connectivity index (χ3n) is 10.2. The fraction of sp³-hybridized carbons (Fsp3) is 0.667. The van der Waals surface area contributed by atoms with E-state index in [0.29, 0.717) is 36.3 Å². The molecule has 3 unspecified atom stereocenters. The molecule has 40 heavy (non-hydrogen) atoms. The summed E-state index contributed by atoms with van der Waals surface area (Å²) in [6.07, 6.45) is 3.39. The molecule has 0 radical (unpaired) electrons. The summed E-state index contributed by atoms with van der Waals surface area (Å²) in [6, 6.07) is 1.97. The van der Waals surface area contributed by atoms with Crippen LogP contribution in [0.1, 0.15) is 102 Å². The molecule has 218 valence electrons. The number of aromatic hydroxyl groups is 1. The van der Waals surface area contributed by atoms with Crippen molar-refractivity contribution in [2.45, 2.75) is 99.5 Å². The van der Waals surface area contributed by atoms with Crippen molar-refractivity contribution in [1.29, 1.82) is 0 Å². The summed E-state index contributed by atoms with van der Waals surface area (Å²) in [5.74, 6) is -7.95. The molecule has 0 bridgehead atoms. The van der Waals surface area contributed by atoms with E-state index in [1.807, 2.05) is 19.9 Å². The second-order valence-electron chi connectivity index (χ2n) is 13.9. The van der Waals surface area contributed by atoms with Crippen LogP contribution in [0.2, 0.25) is 0 Å². The summed E-state index contributed by atoms with van der Waals surface area (Å²) >= 11 is 0. The second-order valence-corrected chi connectivity index (χ2v) is 13.9. The highest BCUT2D eigenvalue weighted by molar-refractivity contribution is 6.32. The Labute approximate surface area is 237 Å². The van der Waals surface area contributed by atoms with Crippen LogP contribution in [0.15, 0.2) is 6.07 Å². The van der Waals surface area contributed by atoms with Crippen molar-refractivity contribution in [2.24, 2.45) is 40.4 Å². The number of fused-ring (bicyclic) bond motifs is 3. The van der Waals surface area contributed by atoms with Crippen molar-refractivity contribution in [2.75, 3.05) is 0 Å². The first kappa shape index (κ1) is 30.3. The van der Waals surface area contributed by atoms with Gasteiger partial charge in [0.15, 0.2) is 28.7 Å². The van der Waals surface area contributed by atoms with Crippen molar-refractivity contribution in [3.8, 4) is 5.75 Å². The molecule has 6 atom stereocenters. The number of aryl methyl sites for hydroxylation is 2. The smallest absolute Gasteiger partial charge is 0.190 e. The van der Waals surface area contributed by atoms with Crippen LogP contribution in [0, 0.1) is 40.4 Å². The average molecular weight is 553 g/mol. The lowest BCUT2D eigenvalue weighted by Crippen LogP contribution is -2.76. The van der Waals surface area contributed by atoms with E-state index < -0.39 is 63.1 Å². The standard InChI is InChI=1S/C33H44O7/c1-9-19-13-20(12-10-11-16(2)3)26(35)23-21(19)14-31(7)15-32(8)24(17(4)5)27(36)22(18(6)34)29(38)33(32,40)30(39)25(31)28(23)37/h13,16-17,22,24-25,35,40H,9-12,14-15H2,1-8H3/t22?,24?,25?,31-,32-,33+/m1/s1. The molecule has 0 saturated heterocycles. The Bertz CT molecular complexity index is 1310. The van der Waals surface area contributed by atoms with Gasteiger partial charge in [-0.25, -0.2) is 0 Å². The van der Waals surface area contributed by atoms with Crippen molar-refractivity contribution < 1.29 is 34.2 Å². The highest BCUT2D eigenvalue weighted by Gasteiger charge is 2.76. The number of aliphatic hydroxyl groups is 1. The fourth-order valence-corrected chi connectivity index (χ4v) is 8.55. The van der Waals surface area contributed by atoms with Crippen molar-refractivity contribution in [1.82, 2.24) is 0 Å². The zero-order valence-corrected chi connectivity index (χ0v) is 25.1. The molecule has 3 aliphatic rings. The number of phenolic OH excluding ortho intramolecular Hbond substituents is 1. The average Bonchev–Trinajstić information content (AvgIpc) is 2.82. The van der Waals surface area contributed by atoms with Crippen LogP contribution in [0.5, 0.6) is 5.75 Å². The summed E-state index contributed by atoms with van der Waals surface area (Å²) in [5, 5.41) is 23.5. The molecule has 7 heteroatoms. The predicted molar refractivity (Wildman–Crippen MR) is 150 cm³/mol. The zero-order chi connectivity index (χ0) is 30.1. The van der Waals surface area contributed by atoms with Gasteiger partial charge in [0, 0.05) is 11.3 Å². The van der Waals surface area contributed by atoms with E-state index in [4.69, 9.17) is 0 Å². The van der Waals surface area contributed by atoms with Gasteiger partial charge in [-0.2, -0.15) is 0 Å². The van der Waals surface area contributed by atoms with Gasteiger partial charge in [0.2, 0.25) is 0 Å². The van der Waals surface area contributed by atoms with E-state index in [0.717, 1.165) is 25.3 Å². The number of Topliss-reactive ketones (excluding diaryl/α,β-unsaturated/α-hetero) is 5. The molecular formula is C33H44O7. The second kappa shape index (κ2) is 10.0. The maximum atomic E-state index is 14.4. The number of ketones is 5. The van der Waals surface area contributed by atoms with Crippen LogP contribution in [-0.2, 0) is 38.4 Å². The number of rotatable bonds is 7. The fourth-order valence-electron chi connectivity index (χ4n) is 8.55. The van der Waals surface area contributed by atoms with Crippen LogP contribution in [0.4, 0.5) is 0 Å². The molecule has 1 aromatic rings. The summed E-state index contributed by atoms with van der Waals surface area (Å²) in [7, 11) is 0. The Morgan fingerprint density at radius 3 is 2.20 bits per heavy atom. The van der Waals surface area contributed by atoms with E-state index in [9.17, 15) is 34.2 Å². The first-order valence-electron chi connectivity index (χ1n) is 14.7. The van der Waals surface area contributed by atoms with E-state index in [1.165, 1.54) is 0 Å². The first-order chi connectivity index (χ1) is 18.5. The number of carbonyl (C=O) groups is 5. The summed E-state index contributed by atoms with van der Waals surface area (Å²) < 4.78 is 0.